The van der Waals surface area contributed by atoms with Crippen molar-refractivity contribution in [1.82, 2.24) is 5.32 Å². The van der Waals surface area contributed by atoms with Crippen molar-refractivity contribution in [3.05, 3.63) is 56.2 Å². The van der Waals surface area contributed by atoms with E-state index < -0.39 is 11.6 Å². The molecule has 5 heteroatoms. The largest absolute Gasteiger partial charge is 0.310 e. The van der Waals surface area contributed by atoms with Crippen molar-refractivity contribution in [1.29, 1.82) is 0 Å². The summed E-state index contributed by atoms with van der Waals surface area (Å²) in [5.41, 5.74) is 0.392. The number of halogens is 3. The van der Waals surface area contributed by atoms with Crippen LogP contribution in [-0.2, 0) is 6.42 Å². The van der Waals surface area contributed by atoms with Crippen molar-refractivity contribution in [2.75, 3.05) is 6.54 Å². The van der Waals surface area contributed by atoms with Crippen LogP contribution < -0.4 is 5.32 Å². The molecule has 2 rings (SSSR count). The Balaban J connectivity index is 2.24. The van der Waals surface area contributed by atoms with Gasteiger partial charge in [0, 0.05) is 22.9 Å². The van der Waals surface area contributed by atoms with Crippen LogP contribution in [0, 0.1) is 11.6 Å². The zero-order chi connectivity index (χ0) is 14.5. The van der Waals surface area contributed by atoms with Gasteiger partial charge in [0.1, 0.15) is 0 Å². The zero-order valence-corrected chi connectivity index (χ0v) is 13.5. The van der Waals surface area contributed by atoms with Crippen molar-refractivity contribution in [2.24, 2.45) is 0 Å². The van der Waals surface area contributed by atoms with Gasteiger partial charge < -0.3 is 5.32 Å². The van der Waals surface area contributed by atoms with E-state index in [4.69, 9.17) is 0 Å². The smallest absolute Gasteiger partial charge is 0.163 e. The Labute approximate surface area is 130 Å². The minimum atomic E-state index is -0.793. The third-order valence-electron chi connectivity index (χ3n) is 3.03. The molecular weight excluding hydrogens is 344 g/mol. The van der Waals surface area contributed by atoms with Gasteiger partial charge in [0.25, 0.3) is 0 Å². The quantitative estimate of drug-likeness (QED) is 0.758. The monoisotopic (exact) mass is 359 g/mol. The summed E-state index contributed by atoms with van der Waals surface area (Å²) in [7, 11) is 0. The van der Waals surface area contributed by atoms with Crippen LogP contribution in [0.1, 0.15) is 29.8 Å². The molecule has 20 heavy (non-hydrogen) atoms. The average Bonchev–Trinajstić information content (AvgIpc) is 2.83. The molecule has 0 amide bonds. The Bertz CT molecular complexity index is 571. The summed E-state index contributed by atoms with van der Waals surface area (Å²) < 4.78 is 28.4. The van der Waals surface area contributed by atoms with Crippen molar-refractivity contribution in [3.63, 3.8) is 0 Å². The van der Waals surface area contributed by atoms with E-state index >= 15 is 0 Å². The fourth-order valence-corrected chi connectivity index (χ4v) is 3.59. The number of nitrogens with one attached hydrogen (secondary N) is 1. The molecule has 2 aromatic rings. The molecule has 0 spiro atoms. The van der Waals surface area contributed by atoms with Crippen LogP contribution in [0.15, 0.2) is 34.1 Å². The highest BCUT2D eigenvalue weighted by molar-refractivity contribution is 9.11. The van der Waals surface area contributed by atoms with Crippen LogP contribution in [0.2, 0.25) is 0 Å². The van der Waals surface area contributed by atoms with Gasteiger partial charge in [-0.15, -0.1) is 11.3 Å². The van der Waals surface area contributed by atoms with Gasteiger partial charge in [0.2, 0.25) is 0 Å². The van der Waals surface area contributed by atoms with Gasteiger partial charge in [-0.05, 0) is 47.1 Å². The van der Waals surface area contributed by atoms with Crippen LogP contribution in [0.3, 0.4) is 0 Å². The standard InChI is InChI=1S/C15H16BrF2NS/c1-2-8-19-13(9-10-6-7-14(16)20-10)11-4-3-5-12(17)15(11)18/h3-7,13,19H,2,8-9H2,1H3. The third-order valence-corrected chi connectivity index (χ3v) is 4.68. The molecule has 0 aliphatic carbocycles. The average molecular weight is 360 g/mol. The molecule has 0 aliphatic heterocycles. The molecule has 1 aromatic carbocycles. The minimum Gasteiger partial charge on any atom is -0.310 e. The zero-order valence-electron chi connectivity index (χ0n) is 11.1. The summed E-state index contributed by atoms with van der Waals surface area (Å²) in [5.74, 6) is -1.55. The summed E-state index contributed by atoms with van der Waals surface area (Å²) in [6.07, 6.45) is 1.60. The Morgan fingerprint density at radius 1 is 1.25 bits per heavy atom. The second kappa shape index (κ2) is 7.29. The van der Waals surface area contributed by atoms with E-state index in [-0.39, 0.29) is 6.04 Å². The Hall–Kier alpha value is -0.780. The van der Waals surface area contributed by atoms with Crippen LogP contribution in [0.4, 0.5) is 8.78 Å². The molecule has 1 aromatic heterocycles. The predicted molar refractivity (Wildman–Crippen MR) is 83.1 cm³/mol. The molecule has 0 fully saturated rings. The molecule has 0 saturated carbocycles. The summed E-state index contributed by atoms with van der Waals surface area (Å²) in [6, 6.07) is 8.12. The maximum Gasteiger partial charge on any atom is 0.163 e. The molecule has 0 radical (unpaired) electrons. The number of thiophene rings is 1. The number of rotatable bonds is 6. The topological polar surface area (TPSA) is 12.0 Å². The molecular formula is C15H16BrF2NS. The lowest BCUT2D eigenvalue weighted by atomic mass is 10.0. The molecule has 1 atom stereocenters. The van der Waals surface area contributed by atoms with Crippen LogP contribution in [0.25, 0.3) is 0 Å². The van der Waals surface area contributed by atoms with Crippen LogP contribution in [-0.4, -0.2) is 6.54 Å². The lowest BCUT2D eigenvalue weighted by molar-refractivity contribution is 0.460. The van der Waals surface area contributed by atoms with Gasteiger partial charge in [0.05, 0.1) is 3.79 Å². The molecule has 108 valence electrons. The van der Waals surface area contributed by atoms with Crippen molar-refractivity contribution < 1.29 is 8.78 Å². The molecule has 1 N–H and O–H groups in total. The molecule has 1 nitrogen and oxygen atoms in total. The summed E-state index contributed by atoms with van der Waals surface area (Å²) in [5, 5.41) is 3.30. The molecule has 0 bridgehead atoms. The van der Waals surface area contributed by atoms with E-state index in [9.17, 15) is 8.78 Å². The number of hydrogen-bond acceptors (Lipinski definition) is 2. The number of benzene rings is 1. The summed E-state index contributed by atoms with van der Waals surface area (Å²) in [6.45, 7) is 2.82. The van der Waals surface area contributed by atoms with Gasteiger partial charge >= 0.3 is 0 Å². The molecule has 0 saturated heterocycles. The maximum atomic E-state index is 14.0. The second-order valence-electron chi connectivity index (χ2n) is 4.56. The first-order valence-corrected chi connectivity index (χ1v) is 8.14. The van der Waals surface area contributed by atoms with E-state index in [2.05, 4.69) is 21.2 Å². The highest BCUT2D eigenvalue weighted by Gasteiger charge is 2.18. The normalized spacial score (nSPS) is 12.6. The van der Waals surface area contributed by atoms with Crippen molar-refractivity contribution in [2.45, 2.75) is 25.8 Å². The molecule has 0 aliphatic rings. The van der Waals surface area contributed by atoms with Gasteiger partial charge in [-0.3, -0.25) is 0 Å². The van der Waals surface area contributed by atoms with Crippen LogP contribution in [0.5, 0.6) is 0 Å². The highest BCUT2D eigenvalue weighted by atomic mass is 79.9. The highest BCUT2D eigenvalue weighted by Crippen LogP contribution is 2.28. The van der Waals surface area contributed by atoms with Gasteiger partial charge in [-0.25, -0.2) is 8.78 Å². The van der Waals surface area contributed by atoms with Gasteiger partial charge in [-0.2, -0.15) is 0 Å². The second-order valence-corrected chi connectivity index (χ2v) is 7.11. The minimum absolute atomic E-state index is 0.212. The lowest BCUT2D eigenvalue weighted by Crippen LogP contribution is -2.25. The van der Waals surface area contributed by atoms with Crippen molar-refractivity contribution in [3.8, 4) is 0 Å². The Morgan fingerprint density at radius 2 is 2.05 bits per heavy atom. The van der Waals surface area contributed by atoms with E-state index in [1.165, 1.54) is 0 Å². The van der Waals surface area contributed by atoms with E-state index in [0.29, 0.717) is 12.0 Å². The Kier molecular flexibility index (Phi) is 5.69. The van der Waals surface area contributed by atoms with E-state index in [1.54, 1.807) is 23.5 Å². The fraction of sp³-hybridized carbons (Fsp3) is 0.333. The third kappa shape index (κ3) is 3.87. The van der Waals surface area contributed by atoms with Gasteiger partial charge in [-0.1, -0.05) is 19.1 Å². The van der Waals surface area contributed by atoms with E-state index in [1.807, 2.05) is 19.1 Å². The SMILES string of the molecule is CCCNC(Cc1ccc(Br)s1)c1cccc(F)c1F. The maximum absolute atomic E-state index is 14.0. The predicted octanol–water partition coefficient (Wildman–Crippen LogP) is 5.07. The van der Waals surface area contributed by atoms with E-state index in [0.717, 1.165) is 27.7 Å². The van der Waals surface area contributed by atoms with Crippen LogP contribution >= 0.6 is 27.3 Å². The first-order valence-electron chi connectivity index (χ1n) is 6.53. The molecule has 1 heterocycles. The number of hydrogen-bond donors (Lipinski definition) is 1. The molecule has 1 unspecified atom stereocenters. The lowest BCUT2D eigenvalue weighted by Gasteiger charge is -2.19. The van der Waals surface area contributed by atoms with Crippen molar-refractivity contribution >= 4 is 27.3 Å². The first-order chi connectivity index (χ1) is 9.61. The Morgan fingerprint density at radius 3 is 2.70 bits per heavy atom. The fourth-order valence-electron chi connectivity index (χ4n) is 2.06. The summed E-state index contributed by atoms with van der Waals surface area (Å²) in [4.78, 5) is 1.13. The van der Waals surface area contributed by atoms with Gasteiger partial charge in [0.15, 0.2) is 11.6 Å². The first kappa shape index (κ1) is 15.6. The summed E-state index contributed by atoms with van der Waals surface area (Å²) >= 11 is 5.04.